The molecule has 1 aromatic rings. The molecule has 7 heteroatoms. The van der Waals surface area contributed by atoms with Crippen LogP contribution in [-0.4, -0.2) is 56.3 Å². The number of hydrogen-bond acceptors (Lipinski definition) is 5. The number of para-hydroxylation sites is 1. The van der Waals surface area contributed by atoms with E-state index in [4.69, 9.17) is 15.2 Å². The number of nitrogens with zero attached hydrogens (tertiary/aromatic N) is 1. The zero-order chi connectivity index (χ0) is 17.4. The third kappa shape index (κ3) is 7.20. The van der Waals surface area contributed by atoms with E-state index in [1.54, 1.807) is 0 Å². The molecule has 0 saturated carbocycles. The van der Waals surface area contributed by atoms with Gasteiger partial charge in [-0.3, -0.25) is 9.69 Å². The summed E-state index contributed by atoms with van der Waals surface area (Å²) < 4.78 is 11.3. The molecule has 1 aromatic carbocycles. The first-order valence-corrected chi connectivity index (χ1v) is 8.62. The number of halogens is 1. The molecule has 142 valence electrons. The number of nitrogens with two attached hydrogens (primary N) is 1. The van der Waals surface area contributed by atoms with E-state index in [9.17, 15) is 4.79 Å². The summed E-state index contributed by atoms with van der Waals surface area (Å²) in [6.45, 7) is 9.28. The molecule has 1 amide bonds. The second kappa shape index (κ2) is 11.3. The van der Waals surface area contributed by atoms with Gasteiger partial charge in [0.25, 0.3) is 0 Å². The van der Waals surface area contributed by atoms with Gasteiger partial charge in [-0.15, -0.1) is 12.4 Å². The molecule has 25 heavy (non-hydrogen) atoms. The van der Waals surface area contributed by atoms with Crippen LogP contribution in [0, 0.1) is 5.92 Å². The SMILES string of the molecule is CC(C)[C@H](N)C(=O)NCc1ccccc1OCCN1CCOCC1.Cl. The Bertz CT molecular complexity index is 522. The van der Waals surface area contributed by atoms with E-state index < -0.39 is 6.04 Å². The predicted molar refractivity (Wildman–Crippen MR) is 101 cm³/mol. The van der Waals surface area contributed by atoms with Crippen molar-refractivity contribution in [2.45, 2.75) is 26.4 Å². The number of ether oxygens (including phenoxy) is 2. The first kappa shape index (κ1) is 21.7. The molecule has 1 aliphatic rings. The zero-order valence-electron chi connectivity index (χ0n) is 15.1. The molecule has 0 bridgehead atoms. The van der Waals surface area contributed by atoms with Crippen molar-refractivity contribution in [3.05, 3.63) is 29.8 Å². The van der Waals surface area contributed by atoms with Crippen LogP contribution in [0.3, 0.4) is 0 Å². The van der Waals surface area contributed by atoms with Crippen molar-refractivity contribution < 1.29 is 14.3 Å². The van der Waals surface area contributed by atoms with Gasteiger partial charge in [-0.05, 0) is 12.0 Å². The highest BCUT2D eigenvalue weighted by Crippen LogP contribution is 2.18. The smallest absolute Gasteiger partial charge is 0.237 e. The number of amides is 1. The van der Waals surface area contributed by atoms with Crippen LogP contribution in [0.15, 0.2) is 24.3 Å². The number of rotatable bonds is 8. The van der Waals surface area contributed by atoms with Gasteiger partial charge in [0.05, 0.1) is 19.3 Å². The van der Waals surface area contributed by atoms with Gasteiger partial charge in [0, 0.05) is 31.7 Å². The molecule has 1 aliphatic heterocycles. The normalized spacial score (nSPS) is 16.2. The van der Waals surface area contributed by atoms with Gasteiger partial charge < -0.3 is 20.5 Å². The molecule has 0 unspecified atom stereocenters. The van der Waals surface area contributed by atoms with Crippen molar-refractivity contribution in [1.29, 1.82) is 0 Å². The van der Waals surface area contributed by atoms with Gasteiger partial charge in [0.1, 0.15) is 12.4 Å². The maximum atomic E-state index is 12.0. The summed E-state index contributed by atoms with van der Waals surface area (Å²) in [6, 6.07) is 7.29. The highest BCUT2D eigenvalue weighted by Gasteiger charge is 2.17. The molecule has 0 spiro atoms. The first-order chi connectivity index (χ1) is 11.6. The standard InChI is InChI=1S/C18H29N3O3.ClH/c1-14(2)17(19)18(22)20-13-15-5-3-4-6-16(15)24-12-9-21-7-10-23-11-8-21;/h3-6,14,17H,7-13,19H2,1-2H3,(H,20,22);1H/t17-;/m0./s1. The molecule has 1 fully saturated rings. The summed E-state index contributed by atoms with van der Waals surface area (Å²) in [6.07, 6.45) is 0. The zero-order valence-corrected chi connectivity index (χ0v) is 15.9. The number of nitrogens with one attached hydrogen (secondary N) is 1. The molecular formula is C18H30ClN3O3. The van der Waals surface area contributed by atoms with Crippen molar-refractivity contribution in [3.63, 3.8) is 0 Å². The molecule has 6 nitrogen and oxygen atoms in total. The van der Waals surface area contributed by atoms with Crippen molar-refractivity contribution in [2.24, 2.45) is 11.7 Å². The van der Waals surface area contributed by atoms with Crippen LogP contribution >= 0.6 is 12.4 Å². The largest absolute Gasteiger partial charge is 0.492 e. The lowest BCUT2D eigenvalue weighted by Crippen LogP contribution is -2.43. The second-order valence-electron chi connectivity index (χ2n) is 6.40. The van der Waals surface area contributed by atoms with Gasteiger partial charge in [-0.25, -0.2) is 0 Å². The molecule has 0 aliphatic carbocycles. The van der Waals surface area contributed by atoms with E-state index in [0.717, 1.165) is 44.2 Å². The molecule has 1 heterocycles. The summed E-state index contributed by atoms with van der Waals surface area (Å²) in [7, 11) is 0. The third-order valence-corrected chi connectivity index (χ3v) is 4.22. The summed E-state index contributed by atoms with van der Waals surface area (Å²) in [5.41, 5.74) is 6.83. The van der Waals surface area contributed by atoms with Crippen LogP contribution in [0.2, 0.25) is 0 Å². The Morgan fingerprint density at radius 1 is 1.32 bits per heavy atom. The van der Waals surface area contributed by atoms with Gasteiger partial charge in [-0.2, -0.15) is 0 Å². The Labute approximate surface area is 156 Å². The van der Waals surface area contributed by atoms with Crippen LogP contribution in [0.1, 0.15) is 19.4 Å². The number of carbonyl (C=O) groups is 1. The maximum Gasteiger partial charge on any atom is 0.237 e. The molecule has 3 N–H and O–H groups in total. The fourth-order valence-electron chi connectivity index (χ4n) is 2.50. The van der Waals surface area contributed by atoms with E-state index >= 15 is 0 Å². The van der Waals surface area contributed by atoms with Crippen molar-refractivity contribution >= 4 is 18.3 Å². The van der Waals surface area contributed by atoms with E-state index in [-0.39, 0.29) is 24.2 Å². The average Bonchev–Trinajstić information content (AvgIpc) is 2.60. The van der Waals surface area contributed by atoms with Crippen LogP contribution in [-0.2, 0) is 16.1 Å². The Morgan fingerprint density at radius 3 is 2.68 bits per heavy atom. The fraction of sp³-hybridized carbons (Fsp3) is 0.611. The Morgan fingerprint density at radius 2 is 2.00 bits per heavy atom. The molecule has 1 saturated heterocycles. The van der Waals surface area contributed by atoms with Crippen LogP contribution < -0.4 is 15.8 Å². The van der Waals surface area contributed by atoms with Crippen LogP contribution in [0.25, 0.3) is 0 Å². The summed E-state index contributed by atoms with van der Waals surface area (Å²) in [4.78, 5) is 14.3. The topological polar surface area (TPSA) is 76.8 Å². The minimum Gasteiger partial charge on any atom is -0.492 e. The van der Waals surface area contributed by atoms with Crippen LogP contribution in [0.5, 0.6) is 5.75 Å². The van der Waals surface area contributed by atoms with E-state index in [2.05, 4.69) is 10.2 Å². The predicted octanol–water partition coefficient (Wildman–Crippen LogP) is 1.42. The lowest BCUT2D eigenvalue weighted by Gasteiger charge is -2.26. The minimum atomic E-state index is -0.487. The number of morpholine rings is 1. The lowest BCUT2D eigenvalue weighted by atomic mass is 10.0. The van der Waals surface area contributed by atoms with Crippen LogP contribution in [0.4, 0.5) is 0 Å². The van der Waals surface area contributed by atoms with Gasteiger partial charge >= 0.3 is 0 Å². The highest BCUT2D eigenvalue weighted by atomic mass is 35.5. The molecule has 0 aromatic heterocycles. The van der Waals surface area contributed by atoms with Crippen molar-refractivity contribution in [2.75, 3.05) is 39.5 Å². The number of carbonyl (C=O) groups excluding carboxylic acids is 1. The van der Waals surface area contributed by atoms with E-state index in [1.807, 2.05) is 38.1 Å². The van der Waals surface area contributed by atoms with Gasteiger partial charge in [0.15, 0.2) is 0 Å². The minimum absolute atomic E-state index is 0. The molecule has 2 rings (SSSR count). The number of benzene rings is 1. The van der Waals surface area contributed by atoms with E-state index in [0.29, 0.717) is 13.2 Å². The maximum absolute atomic E-state index is 12.0. The molecule has 1 atom stereocenters. The lowest BCUT2D eigenvalue weighted by molar-refractivity contribution is -0.123. The highest BCUT2D eigenvalue weighted by molar-refractivity contribution is 5.85. The average molecular weight is 372 g/mol. The first-order valence-electron chi connectivity index (χ1n) is 8.62. The van der Waals surface area contributed by atoms with Gasteiger partial charge in [0.2, 0.25) is 5.91 Å². The summed E-state index contributed by atoms with van der Waals surface area (Å²) >= 11 is 0. The molecule has 0 radical (unpaired) electrons. The summed E-state index contributed by atoms with van der Waals surface area (Å²) in [5, 5.41) is 2.89. The second-order valence-corrected chi connectivity index (χ2v) is 6.40. The van der Waals surface area contributed by atoms with E-state index in [1.165, 1.54) is 0 Å². The van der Waals surface area contributed by atoms with Crippen molar-refractivity contribution in [3.8, 4) is 5.75 Å². The summed E-state index contributed by atoms with van der Waals surface area (Å²) in [5.74, 6) is 0.794. The Kier molecular flexibility index (Phi) is 9.82. The monoisotopic (exact) mass is 371 g/mol. The number of hydrogen-bond donors (Lipinski definition) is 2. The quantitative estimate of drug-likeness (QED) is 0.722. The fourth-order valence-corrected chi connectivity index (χ4v) is 2.50. The Hall–Kier alpha value is -1.34. The Balaban J connectivity index is 0.00000312. The van der Waals surface area contributed by atoms with Crippen molar-refractivity contribution in [1.82, 2.24) is 10.2 Å². The van der Waals surface area contributed by atoms with Gasteiger partial charge in [-0.1, -0.05) is 32.0 Å². The third-order valence-electron chi connectivity index (χ3n) is 4.22. The molecular weight excluding hydrogens is 342 g/mol.